The summed E-state index contributed by atoms with van der Waals surface area (Å²) in [6.45, 7) is 0.305. The normalized spacial score (nSPS) is 21.3. The van der Waals surface area contributed by atoms with Crippen LogP contribution in [0.2, 0.25) is 0 Å². The van der Waals surface area contributed by atoms with Crippen LogP contribution < -0.4 is 4.72 Å². The molecule has 1 aliphatic carbocycles. The largest absolute Gasteiger partial charge is 0.393 e. The van der Waals surface area contributed by atoms with Gasteiger partial charge in [-0.1, -0.05) is 36.4 Å². The maximum Gasteiger partial charge on any atom is 0.279 e. The zero-order chi connectivity index (χ0) is 18.6. The second-order valence-corrected chi connectivity index (χ2v) is 8.69. The fourth-order valence-corrected chi connectivity index (χ4v) is 4.37. The first-order valence-electron chi connectivity index (χ1n) is 8.79. The lowest BCUT2D eigenvalue weighted by Crippen LogP contribution is -2.51. The molecule has 1 aromatic heterocycles. The Hall–Kier alpha value is -1.80. The van der Waals surface area contributed by atoms with Gasteiger partial charge in [0.05, 0.1) is 6.10 Å². The molecule has 140 valence electrons. The molecule has 0 radical (unpaired) electrons. The minimum atomic E-state index is -3.64. The Bertz CT molecular complexity index is 793. The third-order valence-electron chi connectivity index (χ3n) is 4.83. The lowest BCUT2D eigenvalue weighted by atomic mass is 9.76. The first-order valence-corrected chi connectivity index (χ1v) is 10.2. The van der Waals surface area contributed by atoms with Gasteiger partial charge in [0.15, 0.2) is 0 Å². The SMILES string of the molecule is CN(Cc1ccccc1)S(=O)(=O)NC(Cc1ccccn1)C1CC(O)C1. The Morgan fingerprint density at radius 2 is 1.88 bits per heavy atom. The molecule has 1 aromatic carbocycles. The van der Waals surface area contributed by atoms with E-state index >= 15 is 0 Å². The van der Waals surface area contributed by atoms with Gasteiger partial charge in [0, 0.05) is 37.9 Å². The summed E-state index contributed by atoms with van der Waals surface area (Å²) < 4.78 is 29.7. The van der Waals surface area contributed by atoms with Crippen molar-refractivity contribution in [2.24, 2.45) is 5.92 Å². The first-order chi connectivity index (χ1) is 12.4. The van der Waals surface area contributed by atoms with E-state index in [9.17, 15) is 13.5 Å². The number of benzene rings is 1. The standard InChI is InChI=1S/C19H25N3O3S/c1-22(14-15-7-3-2-4-8-15)26(24,25)21-19(16-11-18(23)12-16)13-17-9-5-6-10-20-17/h2-10,16,18-19,21,23H,11-14H2,1H3. The topological polar surface area (TPSA) is 82.5 Å². The summed E-state index contributed by atoms with van der Waals surface area (Å²) in [6, 6.07) is 14.8. The molecule has 1 aliphatic rings. The Balaban J connectivity index is 1.70. The van der Waals surface area contributed by atoms with Gasteiger partial charge in [-0.05, 0) is 36.5 Å². The van der Waals surface area contributed by atoms with Crippen molar-refractivity contribution in [1.29, 1.82) is 0 Å². The number of nitrogens with zero attached hydrogens (tertiary/aromatic N) is 2. The Kier molecular flexibility index (Phi) is 6.03. The first kappa shape index (κ1) is 19.0. The van der Waals surface area contributed by atoms with E-state index < -0.39 is 10.2 Å². The average molecular weight is 375 g/mol. The van der Waals surface area contributed by atoms with Crippen LogP contribution in [0.1, 0.15) is 24.1 Å². The fraction of sp³-hybridized carbons (Fsp3) is 0.421. The minimum Gasteiger partial charge on any atom is -0.393 e. The second-order valence-electron chi connectivity index (χ2n) is 6.88. The van der Waals surface area contributed by atoms with E-state index in [0.717, 1.165) is 11.3 Å². The van der Waals surface area contributed by atoms with Crippen LogP contribution in [0, 0.1) is 5.92 Å². The van der Waals surface area contributed by atoms with Gasteiger partial charge in [-0.2, -0.15) is 17.4 Å². The van der Waals surface area contributed by atoms with E-state index in [1.54, 1.807) is 13.2 Å². The lowest BCUT2D eigenvalue weighted by molar-refractivity contribution is 0.0279. The number of hydrogen-bond acceptors (Lipinski definition) is 4. The van der Waals surface area contributed by atoms with E-state index in [0.29, 0.717) is 25.8 Å². The molecule has 2 N–H and O–H groups in total. The fourth-order valence-electron chi connectivity index (χ4n) is 3.21. The molecule has 0 amide bonds. The number of aliphatic hydroxyl groups is 1. The van der Waals surface area contributed by atoms with Gasteiger partial charge < -0.3 is 5.11 Å². The van der Waals surface area contributed by atoms with Crippen molar-refractivity contribution in [2.45, 2.75) is 38.0 Å². The van der Waals surface area contributed by atoms with Gasteiger partial charge in [0.1, 0.15) is 0 Å². The number of aliphatic hydroxyl groups excluding tert-OH is 1. The predicted octanol–water partition coefficient (Wildman–Crippen LogP) is 1.73. The van der Waals surface area contributed by atoms with Gasteiger partial charge in [-0.3, -0.25) is 4.98 Å². The summed E-state index contributed by atoms with van der Waals surface area (Å²) >= 11 is 0. The second kappa shape index (κ2) is 8.26. The summed E-state index contributed by atoms with van der Waals surface area (Å²) in [5.41, 5.74) is 1.77. The highest BCUT2D eigenvalue weighted by atomic mass is 32.2. The van der Waals surface area contributed by atoms with Gasteiger partial charge in [-0.25, -0.2) is 0 Å². The number of rotatable bonds is 8. The Labute approximate surface area is 155 Å². The van der Waals surface area contributed by atoms with E-state index in [1.807, 2.05) is 48.5 Å². The highest BCUT2D eigenvalue weighted by Crippen LogP contribution is 2.32. The maximum atomic E-state index is 12.8. The summed E-state index contributed by atoms with van der Waals surface area (Å²) in [7, 11) is -2.07. The molecule has 1 unspecified atom stereocenters. The average Bonchev–Trinajstić information content (AvgIpc) is 2.60. The van der Waals surface area contributed by atoms with Crippen LogP contribution in [-0.2, 0) is 23.2 Å². The molecule has 0 saturated heterocycles. The molecule has 0 spiro atoms. The molecule has 26 heavy (non-hydrogen) atoms. The molecular weight excluding hydrogens is 350 g/mol. The Morgan fingerprint density at radius 1 is 1.19 bits per heavy atom. The summed E-state index contributed by atoms with van der Waals surface area (Å²) in [6.07, 6.45) is 3.11. The van der Waals surface area contributed by atoms with Crippen LogP contribution in [0.25, 0.3) is 0 Å². The summed E-state index contributed by atoms with van der Waals surface area (Å²) in [4.78, 5) is 4.31. The smallest absolute Gasteiger partial charge is 0.279 e. The Morgan fingerprint density at radius 3 is 2.50 bits per heavy atom. The van der Waals surface area contributed by atoms with Crippen LogP contribution in [0.15, 0.2) is 54.7 Å². The zero-order valence-corrected chi connectivity index (χ0v) is 15.6. The highest BCUT2D eigenvalue weighted by Gasteiger charge is 2.37. The molecule has 0 bridgehead atoms. The van der Waals surface area contributed by atoms with Crippen molar-refractivity contribution in [3.8, 4) is 0 Å². The summed E-state index contributed by atoms with van der Waals surface area (Å²) in [5.74, 6) is 0.118. The van der Waals surface area contributed by atoms with Crippen molar-refractivity contribution in [3.63, 3.8) is 0 Å². The molecule has 1 fully saturated rings. The van der Waals surface area contributed by atoms with Crippen molar-refractivity contribution in [1.82, 2.24) is 14.0 Å². The van der Waals surface area contributed by atoms with E-state index in [1.165, 1.54) is 4.31 Å². The highest BCUT2D eigenvalue weighted by molar-refractivity contribution is 7.87. The monoisotopic (exact) mass is 375 g/mol. The van der Waals surface area contributed by atoms with Crippen molar-refractivity contribution >= 4 is 10.2 Å². The van der Waals surface area contributed by atoms with E-state index in [2.05, 4.69) is 9.71 Å². The van der Waals surface area contributed by atoms with Crippen molar-refractivity contribution in [2.75, 3.05) is 7.05 Å². The molecule has 2 aromatic rings. The quantitative estimate of drug-likeness (QED) is 0.736. The van der Waals surface area contributed by atoms with Gasteiger partial charge >= 0.3 is 0 Å². The minimum absolute atomic E-state index is 0.118. The van der Waals surface area contributed by atoms with E-state index in [4.69, 9.17) is 0 Å². The molecule has 0 aliphatic heterocycles. The molecule has 3 rings (SSSR count). The zero-order valence-electron chi connectivity index (χ0n) is 14.8. The van der Waals surface area contributed by atoms with Gasteiger partial charge in [0.2, 0.25) is 0 Å². The third-order valence-corrected chi connectivity index (χ3v) is 6.38. The number of nitrogens with one attached hydrogen (secondary N) is 1. The third kappa shape index (κ3) is 4.88. The number of hydrogen-bond donors (Lipinski definition) is 2. The van der Waals surface area contributed by atoms with Crippen LogP contribution in [0.5, 0.6) is 0 Å². The van der Waals surface area contributed by atoms with Crippen LogP contribution in [0.3, 0.4) is 0 Å². The molecule has 7 heteroatoms. The van der Waals surface area contributed by atoms with Crippen molar-refractivity contribution in [3.05, 3.63) is 66.0 Å². The van der Waals surface area contributed by atoms with Crippen molar-refractivity contribution < 1.29 is 13.5 Å². The summed E-state index contributed by atoms with van der Waals surface area (Å²) in [5, 5.41) is 9.63. The maximum absolute atomic E-state index is 12.8. The molecule has 1 atom stereocenters. The molecule has 1 saturated carbocycles. The number of aromatic nitrogens is 1. The van der Waals surface area contributed by atoms with Crippen LogP contribution in [-0.4, -0.2) is 42.0 Å². The van der Waals surface area contributed by atoms with Crippen LogP contribution >= 0.6 is 0 Å². The molecule has 1 heterocycles. The van der Waals surface area contributed by atoms with Gasteiger partial charge in [-0.15, -0.1) is 0 Å². The number of pyridine rings is 1. The molecular formula is C19H25N3O3S. The predicted molar refractivity (Wildman–Crippen MR) is 100 cm³/mol. The van der Waals surface area contributed by atoms with E-state index in [-0.39, 0.29) is 18.1 Å². The molecule has 6 nitrogen and oxygen atoms in total. The van der Waals surface area contributed by atoms with Gasteiger partial charge in [0.25, 0.3) is 10.2 Å². The lowest BCUT2D eigenvalue weighted by Gasteiger charge is -2.38. The van der Waals surface area contributed by atoms with Crippen LogP contribution in [0.4, 0.5) is 0 Å².